The summed E-state index contributed by atoms with van der Waals surface area (Å²) in [4.78, 5) is 16.7. The van der Waals surface area contributed by atoms with Gasteiger partial charge in [0.25, 0.3) is 0 Å². The van der Waals surface area contributed by atoms with E-state index in [-0.39, 0.29) is 12.3 Å². The Bertz CT molecular complexity index is 1060. The molecule has 1 amide bonds. The lowest BCUT2D eigenvalue weighted by Crippen LogP contribution is -2.14. The van der Waals surface area contributed by atoms with Gasteiger partial charge in [-0.3, -0.25) is 4.79 Å². The van der Waals surface area contributed by atoms with Crippen LogP contribution in [-0.2, 0) is 11.2 Å². The highest BCUT2D eigenvalue weighted by atomic mass is 16.5. The van der Waals surface area contributed by atoms with Gasteiger partial charge < -0.3 is 19.5 Å². The van der Waals surface area contributed by atoms with E-state index in [1.807, 2.05) is 42.5 Å². The molecule has 6 heteroatoms. The van der Waals surface area contributed by atoms with Crippen molar-refractivity contribution in [2.45, 2.75) is 6.42 Å². The largest absolute Gasteiger partial charge is 0.493 e. The van der Waals surface area contributed by atoms with Crippen molar-refractivity contribution in [3.8, 4) is 29.1 Å². The van der Waals surface area contributed by atoms with E-state index >= 15 is 0 Å². The first-order valence-corrected chi connectivity index (χ1v) is 9.24. The fraction of sp³-hybridized carbons (Fsp3) is 0.167. The molecule has 6 nitrogen and oxygen atoms in total. The van der Waals surface area contributed by atoms with Crippen LogP contribution in [0.1, 0.15) is 16.8 Å². The molecule has 30 heavy (non-hydrogen) atoms. The van der Waals surface area contributed by atoms with Crippen LogP contribution in [0.5, 0.6) is 17.2 Å². The summed E-state index contributed by atoms with van der Waals surface area (Å²) in [5.41, 5.74) is 2.88. The van der Waals surface area contributed by atoms with Crippen molar-refractivity contribution in [2.24, 2.45) is 0 Å². The number of pyridine rings is 1. The standard InChI is InChI=1S/C24H22N2O4/c1-28-21-14-18(15-22(29-2)24(21)30-3)16-23(27)26-20-9-6-7-17(13-20)10-11-19-8-4-5-12-25-19/h4-9,12-15H,16H2,1-3H3,(H,26,27). The molecule has 1 N–H and O–H groups in total. The molecule has 2 aromatic carbocycles. The average Bonchev–Trinajstić information content (AvgIpc) is 2.77. The van der Waals surface area contributed by atoms with Crippen molar-refractivity contribution < 1.29 is 19.0 Å². The molecule has 0 unspecified atom stereocenters. The summed E-state index contributed by atoms with van der Waals surface area (Å²) in [5.74, 6) is 7.39. The summed E-state index contributed by atoms with van der Waals surface area (Å²) in [6.45, 7) is 0. The van der Waals surface area contributed by atoms with Crippen LogP contribution in [0.15, 0.2) is 60.8 Å². The van der Waals surface area contributed by atoms with Crippen LogP contribution in [-0.4, -0.2) is 32.2 Å². The number of amides is 1. The second-order valence-electron chi connectivity index (χ2n) is 6.30. The molecule has 0 aliphatic carbocycles. The lowest BCUT2D eigenvalue weighted by atomic mass is 10.1. The highest BCUT2D eigenvalue weighted by Gasteiger charge is 2.15. The first-order valence-electron chi connectivity index (χ1n) is 9.24. The van der Waals surface area contributed by atoms with Crippen LogP contribution in [0.25, 0.3) is 0 Å². The minimum atomic E-state index is -0.167. The number of rotatable bonds is 6. The molecule has 0 saturated heterocycles. The summed E-state index contributed by atoms with van der Waals surface area (Å²) < 4.78 is 16.0. The van der Waals surface area contributed by atoms with Crippen LogP contribution >= 0.6 is 0 Å². The smallest absolute Gasteiger partial charge is 0.228 e. The van der Waals surface area contributed by atoms with E-state index in [1.54, 1.807) is 32.5 Å². The first kappa shape index (κ1) is 20.7. The fourth-order valence-electron chi connectivity index (χ4n) is 2.88. The van der Waals surface area contributed by atoms with E-state index in [0.29, 0.717) is 28.6 Å². The van der Waals surface area contributed by atoms with Gasteiger partial charge in [0.15, 0.2) is 11.5 Å². The number of anilines is 1. The molecule has 0 fully saturated rings. The number of nitrogens with zero attached hydrogens (tertiary/aromatic N) is 1. The van der Waals surface area contributed by atoms with Gasteiger partial charge in [-0.05, 0) is 53.9 Å². The molecule has 0 bridgehead atoms. The molecule has 0 atom stereocenters. The topological polar surface area (TPSA) is 69.7 Å². The van der Waals surface area contributed by atoms with Gasteiger partial charge >= 0.3 is 0 Å². The van der Waals surface area contributed by atoms with Gasteiger partial charge in [-0.2, -0.15) is 0 Å². The predicted molar refractivity (Wildman–Crippen MR) is 115 cm³/mol. The molecule has 1 heterocycles. The van der Waals surface area contributed by atoms with E-state index in [0.717, 1.165) is 11.1 Å². The molecule has 3 aromatic rings. The van der Waals surface area contributed by atoms with Gasteiger partial charge in [0.05, 0.1) is 27.8 Å². The Kier molecular flexibility index (Phi) is 6.91. The number of carbonyl (C=O) groups is 1. The molecule has 0 spiro atoms. The third-order valence-electron chi connectivity index (χ3n) is 4.24. The number of methoxy groups -OCH3 is 3. The lowest BCUT2D eigenvalue weighted by Gasteiger charge is -2.14. The van der Waals surface area contributed by atoms with Gasteiger partial charge in [0, 0.05) is 17.4 Å². The molecule has 0 saturated carbocycles. The number of benzene rings is 2. The molecule has 0 aliphatic rings. The van der Waals surface area contributed by atoms with Gasteiger partial charge in [0.2, 0.25) is 11.7 Å². The molecular weight excluding hydrogens is 380 g/mol. The Balaban J connectivity index is 1.72. The first-order chi connectivity index (χ1) is 14.6. The van der Waals surface area contributed by atoms with Crippen LogP contribution in [0.3, 0.4) is 0 Å². The number of aromatic nitrogens is 1. The maximum Gasteiger partial charge on any atom is 0.228 e. The third-order valence-corrected chi connectivity index (χ3v) is 4.24. The Hall–Kier alpha value is -3.98. The van der Waals surface area contributed by atoms with Crippen LogP contribution in [0.2, 0.25) is 0 Å². The van der Waals surface area contributed by atoms with Gasteiger partial charge in [-0.1, -0.05) is 18.1 Å². The van der Waals surface area contributed by atoms with Crippen molar-refractivity contribution in [1.29, 1.82) is 0 Å². The molecule has 3 rings (SSSR count). The van der Waals surface area contributed by atoms with Crippen LogP contribution in [0.4, 0.5) is 5.69 Å². The van der Waals surface area contributed by atoms with E-state index in [4.69, 9.17) is 14.2 Å². The zero-order chi connectivity index (χ0) is 21.3. The number of hydrogen-bond acceptors (Lipinski definition) is 5. The quantitative estimate of drug-likeness (QED) is 0.637. The monoisotopic (exact) mass is 402 g/mol. The highest BCUT2D eigenvalue weighted by Crippen LogP contribution is 2.38. The maximum atomic E-state index is 12.6. The van der Waals surface area contributed by atoms with E-state index < -0.39 is 0 Å². The Morgan fingerprint density at radius 2 is 1.70 bits per heavy atom. The van der Waals surface area contributed by atoms with Gasteiger partial charge in [0.1, 0.15) is 5.69 Å². The number of hydrogen-bond donors (Lipinski definition) is 1. The Morgan fingerprint density at radius 3 is 2.33 bits per heavy atom. The van der Waals surface area contributed by atoms with Crippen molar-refractivity contribution in [3.63, 3.8) is 0 Å². The molecule has 152 valence electrons. The Labute approximate surface area is 175 Å². The number of ether oxygens (including phenoxy) is 3. The van der Waals surface area contributed by atoms with Crippen molar-refractivity contribution in [2.75, 3.05) is 26.6 Å². The molecule has 1 aromatic heterocycles. The maximum absolute atomic E-state index is 12.6. The van der Waals surface area contributed by atoms with E-state index in [2.05, 4.69) is 22.1 Å². The predicted octanol–water partition coefficient (Wildman–Crippen LogP) is 3.69. The third kappa shape index (κ3) is 5.30. The van der Waals surface area contributed by atoms with Crippen LogP contribution in [0, 0.1) is 11.8 Å². The van der Waals surface area contributed by atoms with Crippen molar-refractivity contribution >= 4 is 11.6 Å². The lowest BCUT2D eigenvalue weighted by molar-refractivity contribution is -0.115. The summed E-state index contributed by atoms with van der Waals surface area (Å²) in [5, 5.41) is 2.90. The van der Waals surface area contributed by atoms with E-state index in [1.165, 1.54) is 7.11 Å². The van der Waals surface area contributed by atoms with E-state index in [9.17, 15) is 4.79 Å². The van der Waals surface area contributed by atoms with Gasteiger partial charge in [-0.15, -0.1) is 0 Å². The number of carbonyl (C=O) groups excluding carboxylic acids is 1. The fourth-order valence-corrected chi connectivity index (χ4v) is 2.88. The molecule has 0 radical (unpaired) electrons. The van der Waals surface area contributed by atoms with Gasteiger partial charge in [-0.25, -0.2) is 4.98 Å². The SMILES string of the molecule is COc1cc(CC(=O)Nc2cccc(C#Cc3ccccn3)c2)cc(OC)c1OC. The molecular formula is C24H22N2O4. The van der Waals surface area contributed by atoms with Crippen molar-refractivity contribution in [1.82, 2.24) is 4.98 Å². The average molecular weight is 402 g/mol. The highest BCUT2D eigenvalue weighted by molar-refractivity contribution is 5.92. The second kappa shape index (κ2) is 9.99. The summed E-state index contributed by atoms with van der Waals surface area (Å²) >= 11 is 0. The van der Waals surface area contributed by atoms with Crippen LogP contribution < -0.4 is 19.5 Å². The summed E-state index contributed by atoms with van der Waals surface area (Å²) in [7, 11) is 4.62. The van der Waals surface area contributed by atoms with Crippen molar-refractivity contribution in [3.05, 3.63) is 77.6 Å². The number of nitrogens with one attached hydrogen (secondary N) is 1. The minimum Gasteiger partial charge on any atom is -0.493 e. The zero-order valence-corrected chi connectivity index (χ0v) is 17.1. The Morgan fingerprint density at radius 1 is 0.933 bits per heavy atom. The minimum absolute atomic E-state index is 0.153. The summed E-state index contributed by atoms with van der Waals surface area (Å²) in [6.07, 6.45) is 1.85. The normalized spacial score (nSPS) is 9.83. The molecule has 0 aliphatic heterocycles. The second-order valence-corrected chi connectivity index (χ2v) is 6.30. The zero-order valence-electron chi connectivity index (χ0n) is 17.1. The summed E-state index contributed by atoms with van der Waals surface area (Å²) in [6, 6.07) is 16.5.